The smallest absolute Gasteiger partial charge is 0.163 e. The minimum Gasteiger partial charge on any atom is -0.294 e. The molecular formula is C12H16OS. The predicted octanol–water partition coefficient (Wildman–Crippen LogP) is 3.24. The molecule has 1 nitrogen and oxygen atoms in total. The molecule has 0 saturated heterocycles. The van der Waals surface area contributed by atoms with Gasteiger partial charge in [0.15, 0.2) is 5.78 Å². The second-order valence-electron chi connectivity index (χ2n) is 3.48. The lowest BCUT2D eigenvalue weighted by Gasteiger charge is -2.05. The highest BCUT2D eigenvalue weighted by Crippen LogP contribution is 2.13. The van der Waals surface area contributed by atoms with Gasteiger partial charge in [-0.2, -0.15) is 11.8 Å². The fourth-order valence-electron chi connectivity index (χ4n) is 1.37. The van der Waals surface area contributed by atoms with Gasteiger partial charge < -0.3 is 0 Å². The predicted molar refractivity (Wildman–Crippen MR) is 63.2 cm³/mol. The van der Waals surface area contributed by atoms with E-state index in [1.807, 2.05) is 38.3 Å². The third kappa shape index (κ3) is 2.88. The van der Waals surface area contributed by atoms with Crippen LogP contribution in [0.2, 0.25) is 0 Å². The minimum atomic E-state index is 0.264. The summed E-state index contributed by atoms with van der Waals surface area (Å²) in [5.41, 5.74) is 3.13. The van der Waals surface area contributed by atoms with Gasteiger partial charge in [0, 0.05) is 17.7 Å². The highest BCUT2D eigenvalue weighted by atomic mass is 32.2. The van der Waals surface area contributed by atoms with Crippen molar-refractivity contribution in [3.63, 3.8) is 0 Å². The molecule has 1 rings (SSSR count). The molecule has 76 valence electrons. The lowest BCUT2D eigenvalue weighted by Crippen LogP contribution is -2.03. The molecular weight excluding hydrogens is 192 g/mol. The Labute approximate surface area is 89.9 Å². The van der Waals surface area contributed by atoms with Crippen LogP contribution in [-0.2, 0) is 0 Å². The lowest BCUT2D eigenvalue weighted by molar-refractivity contribution is 0.0989. The van der Waals surface area contributed by atoms with Crippen molar-refractivity contribution in [2.45, 2.75) is 20.3 Å². The van der Waals surface area contributed by atoms with Gasteiger partial charge in [0.2, 0.25) is 0 Å². The van der Waals surface area contributed by atoms with E-state index in [1.54, 1.807) is 11.8 Å². The van der Waals surface area contributed by atoms with E-state index in [0.29, 0.717) is 6.42 Å². The molecule has 14 heavy (non-hydrogen) atoms. The molecule has 0 heterocycles. The molecule has 0 radical (unpaired) electrons. The van der Waals surface area contributed by atoms with E-state index in [-0.39, 0.29) is 5.78 Å². The van der Waals surface area contributed by atoms with Crippen molar-refractivity contribution in [3.05, 3.63) is 34.9 Å². The minimum absolute atomic E-state index is 0.264. The van der Waals surface area contributed by atoms with Crippen LogP contribution in [0.5, 0.6) is 0 Å². The molecule has 0 saturated carbocycles. The van der Waals surface area contributed by atoms with E-state index in [9.17, 15) is 4.79 Å². The van der Waals surface area contributed by atoms with Crippen molar-refractivity contribution in [3.8, 4) is 0 Å². The molecule has 0 aromatic heterocycles. The van der Waals surface area contributed by atoms with Gasteiger partial charge in [-0.15, -0.1) is 0 Å². The molecule has 0 atom stereocenters. The topological polar surface area (TPSA) is 17.1 Å². The van der Waals surface area contributed by atoms with E-state index in [2.05, 4.69) is 0 Å². The summed E-state index contributed by atoms with van der Waals surface area (Å²) in [4.78, 5) is 11.8. The summed E-state index contributed by atoms with van der Waals surface area (Å²) in [6.07, 6.45) is 2.67. The maximum absolute atomic E-state index is 11.8. The van der Waals surface area contributed by atoms with E-state index in [4.69, 9.17) is 0 Å². The monoisotopic (exact) mass is 208 g/mol. The normalized spacial score (nSPS) is 10.2. The van der Waals surface area contributed by atoms with Gasteiger partial charge in [-0.25, -0.2) is 0 Å². The zero-order valence-corrected chi connectivity index (χ0v) is 9.78. The Hall–Kier alpha value is -0.760. The average Bonchev–Trinajstić information content (AvgIpc) is 2.18. The van der Waals surface area contributed by atoms with Gasteiger partial charge in [0.1, 0.15) is 0 Å². The summed E-state index contributed by atoms with van der Waals surface area (Å²) in [5.74, 6) is 1.17. The van der Waals surface area contributed by atoms with Gasteiger partial charge in [0.25, 0.3) is 0 Å². The first kappa shape index (κ1) is 11.3. The largest absolute Gasteiger partial charge is 0.294 e. The third-order valence-electron chi connectivity index (χ3n) is 2.23. The molecule has 2 heteroatoms. The number of ketones is 1. The van der Waals surface area contributed by atoms with Crippen LogP contribution in [0.3, 0.4) is 0 Å². The van der Waals surface area contributed by atoms with Crippen LogP contribution in [0.4, 0.5) is 0 Å². The number of benzene rings is 1. The second kappa shape index (κ2) is 5.20. The molecule has 0 bridgehead atoms. The number of rotatable bonds is 4. The molecule has 1 aromatic carbocycles. The Kier molecular flexibility index (Phi) is 4.21. The van der Waals surface area contributed by atoms with E-state index < -0.39 is 0 Å². The SMILES string of the molecule is CSCCC(=O)c1cc(C)ccc1C. The summed E-state index contributed by atoms with van der Waals surface area (Å²) in [5, 5.41) is 0. The second-order valence-corrected chi connectivity index (χ2v) is 4.47. The van der Waals surface area contributed by atoms with E-state index in [0.717, 1.165) is 22.4 Å². The Bertz CT molecular complexity index is 331. The number of thioether (sulfide) groups is 1. The summed E-state index contributed by atoms with van der Waals surface area (Å²) in [6, 6.07) is 6.04. The van der Waals surface area contributed by atoms with Gasteiger partial charge in [-0.1, -0.05) is 17.7 Å². The standard InChI is InChI=1S/C12H16OS/c1-9-4-5-10(2)11(8-9)12(13)6-7-14-3/h4-5,8H,6-7H2,1-3H3. The number of carbonyl (C=O) groups is 1. The number of Topliss-reactive ketones (excluding diaryl/α,β-unsaturated/α-hetero) is 1. The fourth-order valence-corrected chi connectivity index (χ4v) is 1.76. The Morgan fingerprint density at radius 1 is 1.36 bits per heavy atom. The molecule has 0 amide bonds. The molecule has 0 aliphatic rings. The van der Waals surface area contributed by atoms with Crippen molar-refractivity contribution in [1.29, 1.82) is 0 Å². The van der Waals surface area contributed by atoms with Crippen LogP contribution in [-0.4, -0.2) is 17.8 Å². The van der Waals surface area contributed by atoms with Gasteiger partial charge >= 0.3 is 0 Å². The number of carbonyl (C=O) groups excluding carboxylic acids is 1. The first-order chi connectivity index (χ1) is 6.65. The number of hydrogen-bond acceptors (Lipinski definition) is 2. The highest BCUT2D eigenvalue weighted by molar-refractivity contribution is 7.98. The van der Waals surface area contributed by atoms with Crippen LogP contribution < -0.4 is 0 Å². The first-order valence-corrected chi connectivity index (χ1v) is 6.14. The molecule has 1 aromatic rings. The summed E-state index contributed by atoms with van der Waals surface area (Å²) in [6.45, 7) is 4.01. The number of hydrogen-bond donors (Lipinski definition) is 0. The van der Waals surface area contributed by atoms with Crippen LogP contribution in [0.1, 0.15) is 27.9 Å². The fraction of sp³-hybridized carbons (Fsp3) is 0.417. The van der Waals surface area contributed by atoms with Crippen molar-refractivity contribution < 1.29 is 4.79 Å². The molecule has 0 aliphatic heterocycles. The maximum atomic E-state index is 11.8. The quantitative estimate of drug-likeness (QED) is 0.707. The van der Waals surface area contributed by atoms with Crippen LogP contribution in [0, 0.1) is 13.8 Å². The van der Waals surface area contributed by atoms with Crippen LogP contribution in [0.15, 0.2) is 18.2 Å². The number of aryl methyl sites for hydroxylation is 2. The van der Waals surface area contributed by atoms with Gasteiger partial charge in [-0.05, 0) is 31.7 Å². The summed E-state index contributed by atoms with van der Waals surface area (Å²) >= 11 is 1.71. The maximum Gasteiger partial charge on any atom is 0.163 e. The molecule has 0 fully saturated rings. The van der Waals surface area contributed by atoms with Crippen LogP contribution in [0.25, 0.3) is 0 Å². The summed E-state index contributed by atoms with van der Waals surface area (Å²) < 4.78 is 0. The van der Waals surface area contributed by atoms with Crippen molar-refractivity contribution in [2.75, 3.05) is 12.0 Å². The van der Waals surface area contributed by atoms with E-state index >= 15 is 0 Å². The Balaban J connectivity index is 2.83. The zero-order valence-electron chi connectivity index (χ0n) is 8.96. The van der Waals surface area contributed by atoms with Gasteiger partial charge in [-0.3, -0.25) is 4.79 Å². The molecule has 0 unspecified atom stereocenters. The lowest BCUT2D eigenvalue weighted by atomic mass is 10.0. The first-order valence-electron chi connectivity index (χ1n) is 4.74. The van der Waals surface area contributed by atoms with Crippen molar-refractivity contribution in [1.82, 2.24) is 0 Å². The Morgan fingerprint density at radius 2 is 2.07 bits per heavy atom. The third-order valence-corrected chi connectivity index (χ3v) is 2.84. The zero-order chi connectivity index (χ0) is 10.6. The molecule has 0 spiro atoms. The van der Waals surface area contributed by atoms with Crippen molar-refractivity contribution >= 4 is 17.5 Å². The summed E-state index contributed by atoms with van der Waals surface area (Å²) in [7, 11) is 0. The molecule has 0 aliphatic carbocycles. The molecule has 0 N–H and O–H groups in total. The highest BCUT2D eigenvalue weighted by Gasteiger charge is 2.08. The van der Waals surface area contributed by atoms with E-state index in [1.165, 1.54) is 0 Å². The van der Waals surface area contributed by atoms with Crippen LogP contribution >= 0.6 is 11.8 Å². The Morgan fingerprint density at radius 3 is 2.71 bits per heavy atom. The van der Waals surface area contributed by atoms with Gasteiger partial charge in [0.05, 0.1) is 0 Å². The van der Waals surface area contributed by atoms with Crippen molar-refractivity contribution in [2.24, 2.45) is 0 Å². The average molecular weight is 208 g/mol.